The maximum Gasteiger partial charge on any atom is 0.387 e. The number of aromatic nitrogens is 1. The number of pyridine rings is 1. The Hall–Kier alpha value is -3.48. The van der Waals surface area contributed by atoms with Crippen molar-refractivity contribution in [3.63, 3.8) is 0 Å². The predicted molar refractivity (Wildman–Crippen MR) is 106 cm³/mol. The van der Waals surface area contributed by atoms with E-state index in [0.29, 0.717) is 0 Å². The van der Waals surface area contributed by atoms with Crippen molar-refractivity contribution in [1.29, 1.82) is 0 Å². The molecule has 0 fully saturated rings. The van der Waals surface area contributed by atoms with Crippen LogP contribution in [0.5, 0.6) is 5.75 Å². The maximum absolute atomic E-state index is 12.6. The van der Waals surface area contributed by atoms with Gasteiger partial charge in [0, 0.05) is 6.20 Å². The maximum atomic E-state index is 12.6. The number of halogens is 2. The molecule has 150 valence electrons. The Morgan fingerprint density at radius 2 is 1.59 bits per heavy atom. The number of urea groups is 1. The third-order valence-corrected chi connectivity index (χ3v) is 4.34. The van der Waals surface area contributed by atoms with Gasteiger partial charge in [0.05, 0.1) is 17.8 Å². The summed E-state index contributed by atoms with van der Waals surface area (Å²) in [5.41, 5.74) is 2.38. The van der Waals surface area contributed by atoms with Crippen LogP contribution in [0.3, 0.4) is 0 Å². The summed E-state index contributed by atoms with van der Waals surface area (Å²) in [5, 5.41) is 5.81. The second kappa shape index (κ2) is 9.64. The fraction of sp³-hybridized carbons (Fsp3) is 0.182. The normalized spacial score (nSPS) is 12.8. The first-order chi connectivity index (χ1) is 14.0. The molecule has 0 radical (unpaired) electrons. The Labute approximate surface area is 167 Å². The van der Waals surface area contributed by atoms with Crippen molar-refractivity contribution in [3.8, 4) is 5.75 Å². The number of hydrogen-bond donors (Lipinski definition) is 2. The molecule has 3 rings (SSSR count). The van der Waals surface area contributed by atoms with Crippen LogP contribution in [-0.2, 0) is 0 Å². The minimum absolute atomic E-state index is 0.0692. The molecular formula is C22H21F2N3O2. The first-order valence-electron chi connectivity index (χ1n) is 9.10. The van der Waals surface area contributed by atoms with Gasteiger partial charge >= 0.3 is 12.6 Å². The molecule has 2 unspecified atom stereocenters. The largest absolute Gasteiger partial charge is 0.435 e. The lowest BCUT2D eigenvalue weighted by atomic mass is 10.0. The lowest BCUT2D eigenvalue weighted by molar-refractivity contribution is -0.0498. The van der Waals surface area contributed by atoms with Crippen LogP contribution in [-0.4, -0.2) is 17.6 Å². The van der Waals surface area contributed by atoms with Gasteiger partial charge in [0.15, 0.2) is 0 Å². The summed E-state index contributed by atoms with van der Waals surface area (Å²) in [5.74, 6) is 0.0692. The molecule has 7 heteroatoms. The van der Waals surface area contributed by atoms with Crippen LogP contribution in [0.4, 0.5) is 13.6 Å². The van der Waals surface area contributed by atoms with Crippen LogP contribution in [0.15, 0.2) is 79.0 Å². The number of carbonyl (C=O) groups is 1. The number of carbonyl (C=O) groups excluding carboxylic acids is 1. The summed E-state index contributed by atoms with van der Waals surface area (Å²) >= 11 is 0. The molecule has 0 spiro atoms. The quantitative estimate of drug-likeness (QED) is 0.600. The van der Waals surface area contributed by atoms with Gasteiger partial charge in [0.2, 0.25) is 0 Å². The van der Waals surface area contributed by atoms with Crippen LogP contribution in [0.2, 0.25) is 0 Å². The zero-order chi connectivity index (χ0) is 20.6. The van der Waals surface area contributed by atoms with Gasteiger partial charge in [-0.05, 0) is 42.3 Å². The van der Waals surface area contributed by atoms with E-state index in [1.165, 1.54) is 12.1 Å². The molecule has 0 aliphatic carbocycles. The van der Waals surface area contributed by atoms with E-state index in [-0.39, 0.29) is 17.8 Å². The second-order valence-corrected chi connectivity index (χ2v) is 6.39. The minimum atomic E-state index is -2.87. The van der Waals surface area contributed by atoms with Crippen LogP contribution < -0.4 is 15.4 Å². The van der Waals surface area contributed by atoms with E-state index >= 15 is 0 Å². The summed E-state index contributed by atoms with van der Waals surface area (Å²) in [6.07, 6.45) is 1.68. The van der Waals surface area contributed by atoms with Gasteiger partial charge in [-0.25, -0.2) is 4.79 Å². The highest BCUT2D eigenvalue weighted by molar-refractivity contribution is 5.75. The van der Waals surface area contributed by atoms with E-state index in [9.17, 15) is 13.6 Å². The van der Waals surface area contributed by atoms with Crippen molar-refractivity contribution in [2.75, 3.05) is 0 Å². The molecular weight excluding hydrogens is 376 g/mol. The molecule has 0 saturated carbocycles. The number of benzene rings is 2. The Balaban J connectivity index is 1.68. The topological polar surface area (TPSA) is 63.2 Å². The van der Waals surface area contributed by atoms with Gasteiger partial charge in [-0.1, -0.05) is 48.5 Å². The molecule has 29 heavy (non-hydrogen) atoms. The lowest BCUT2D eigenvalue weighted by Crippen LogP contribution is -2.39. The average Bonchev–Trinajstić information content (AvgIpc) is 2.73. The van der Waals surface area contributed by atoms with Gasteiger partial charge in [-0.3, -0.25) is 4.98 Å². The molecule has 2 amide bonds. The van der Waals surface area contributed by atoms with Crippen molar-refractivity contribution in [1.82, 2.24) is 15.6 Å². The molecule has 3 aromatic rings. The standard InChI is InChI=1S/C22H21F2N3O2/c1-15(16-10-12-18(13-11-16)29-21(23)24)26-22(28)27-20(17-7-3-2-4-8-17)19-9-5-6-14-25-19/h2-15,20-21H,1H3,(H2,26,27,28). The number of rotatable bonds is 7. The molecule has 2 atom stereocenters. The number of ether oxygens (including phenoxy) is 1. The molecule has 0 saturated heterocycles. The number of nitrogens with one attached hydrogen (secondary N) is 2. The lowest BCUT2D eigenvalue weighted by Gasteiger charge is -2.21. The highest BCUT2D eigenvalue weighted by Crippen LogP contribution is 2.21. The highest BCUT2D eigenvalue weighted by Gasteiger charge is 2.19. The van der Waals surface area contributed by atoms with Crippen molar-refractivity contribution in [2.24, 2.45) is 0 Å². The molecule has 1 heterocycles. The average molecular weight is 397 g/mol. The van der Waals surface area contributed by atoms with Crippen molar-refractivity contribution < 1.29 is 18.3 Å². The summed E-state index contributed by atoms with van der Waals surface area (Å²) in [6.45, 7) is -1.07. The van der Waals surface area contributed by atoms with E-state index < -0.39 is 12.7 Å². The fourth-order valence-corrected chi connectivity index (χ4v) is 2.91. The molecule has 2 N–H and O–H groups in total. The van der Waals surface area contributed by atoms with Crippen molar-refractivity contribution in [3.05, 3.63) is 95.8 Å². The zero-order valence-corrected chi connectivity index (χ0v) is 15.8. The second-order valence-electron chi connectivity index (χ2n) is 6.39. The Morgan fingerprint density at radius 3 is 2.21 bits per heavy atom. The Kier molecular flexibility index (Phi) is 6.73. The molecule has 0 aliphatic heterocycles. The van der Waals surface area contributed by atoms with Crippen LogP contribution in [0.25, 0.3) is 0 Å². The van der Waals surface area contributed by atoms with Crippen molar-refractivity contribution >= 4 is 6.03 Å². The first-order valence-corrected chi connectivity index (χ1v) is 9.10. The summed E-state index contributed by atoms with van der Waals surface area (Å²) in [4.78, 5) is 17.0. The third kappa shape index (κ3) is 5.75. The van der Waals surface area contributed by atoms with E-state index in [1.807, 2.05) is 48.5 Å². The van der Waals surface area contributed by atoms with Crippen LogP contribution in [0.1, 0.15) is 35.8 Å². The third-order valence-electron chi connectivity index (χ3n) is 4.34. The van der Waals surface area contributed by atoms with Crippen LogP contribution >= 0.6 is 0 Å². The molecule has 0 aliphatic rings. The molecule has 5 nitrogen and oxygen atoms in total. The first kappa shape index (κ1) is 20.3. The smallest absolute Gasteiger partial charge is 0.387 e. The van der Waals surface area contributed by atoms with E-state index in [2.05, 4.69) is 20.4 Å². The summed E-state index contributed by atoms with van der Waals surface area (Å²) < 4.78 is 28.9. The fourth-order valence-electron chi connectivity index (χ4n) is 2.91. The van der Waals surface area contributed by atoms with Gasteiger partial charge in [-0.2, -0.15) is 8.78 Å². The van der Waals surface area contributed by atoms with Crippen LogP contribution in [0, 0.1) is 0 Å². The summed E-state index contributed by atoms with van der Waals surface area (Å²) in [7, 11) is 0. The Bertz CT molecular complexity index is 867. The van der Waals surface area contributed by atoms with E-state index in [4.69, 9.17) is 0 Å². The van der Waals surface area contributed by atoms with Gasteiger partial charge < -0.3 is 15.4 Å². The van der Waals surface area contributed by atoms with Gasteiger partial charge in [-0.15, -0.1) is 0 Å². The predicted octanol–water partition coefficient (Wildman–Crippen LogP) is 4.83. The number of amides is 2. The SMILES string of the molecule is CC(NC(=O)NC(c1ccccc1)c1ccccn1)c1ccc(OC(F)F)cc1. The molecule has 1 aromatic heterocycles. The van der Waals surface area contributed by atoms with Crippen molar-refractivity contribution in [2.45, 2.75) is 25.6 Å². The number of nitrogens with zero attached hydrogens (tertiary/aromatic N) is 1. The number of hydrogen-bond acceptors (Lipinski definition) is 3. The van der Waals surface area contributed by atoms with E-state index in [1.54, 1.807) is 25.3 Å². The van der Waals surface area contributed by atoms with Gasteiger partial charge in [0.25, 0.3) is 0 Å². The monoisotopic (exact) mass is 397 g/mol. The van der Waals surface area contributed by atoms with Gasteiger partial charge in [0.1, 0.15) is 5.75 Å². The number of alkyl halides is 2. The minimum Gasteiger partial charge on any atom is -0.435 e. The Morgan fingerprint density at radius 1 is 0.897 bits per heavy atom. The molecule has 0 bridgehead atoms. The summed E-state index contributed by atoms with van der Waals surface area (Å²) in [6, 6.07) is 20.1. The highest BCUT2D eigenvalue weighted by atomic mass is 19.3. The van der Waals surface area contributed by atoms with E-state index in [0.717, 1.165) is 16.8 Å². The zero-order valence-electron chi connectivity index (χ0n) is 15.8. The molecule has 2 aromatic carbocycles.